The van der Waals surface area contributed by atoms with Crippen LogP contribution in [0.4, 0.5) is 0 Å². The Labute approximate surface area is 109 Å². The molecule has 98 valence electrons. The molecule has 18 heavy (non-hydrogen) atoms. The summed E-state index contributed by atoms with van der Waals surface area (Å²) in [7, 11) is 0. The maximum absolute atomic E-state index is 8.63. The minimum atomic E-state index is -0.116. The van der Waals surface area contributed by atoms with Crippen molar-refractivity contribution in [1.29, 1.82) is 0 Å². The van der Waals surface area contributed by atoms with Crippen LogP contribution in [0.2, 0.25) is 0 Å². The molecule has 0 aliphatic rings. The third-order valence-electron chi connectivity index (χ3n) is 2.23. The average molecular weight is 248 g/mol. The predicted octanol–water partition coefficient (Wildman–Crippen LogP) is 1.97. The fourth-order valence-electron chi connectivity index (χ4n) is 1.43. The average Bonchev–Trinajstić information content (AvgIpc) is 2.41. The van der Waals surface area contributed by atoms with Crippen molar-refractivity contribution in [3.8, 4) is 11.8 Å². The molecule has 3 nitrogen and oxygen atoms in total. The minimum absolute atomic E-state index is 0.116. The van der Waals surface area contributed by atoms with Gasteiger partial charge in [0.25, 0.3) is 0 Å². The van der Waals surface area contributed by atoms with Crippen molar-refractivity contribution in [1.82, 2.24) is 0 Å². The molecule has 0 saturated heterocycles. The summed E-state index contributed by atoms with van der Waals surface area (Å²) in [5.74, 6) is 5.50. The van der Waals surface area contributed by atoms with E-state index in [1.807, 2.05) is 24.3 Å². The summed E-state index contributed by atoms with van der Waals surface area (Å²) in [4.78, 5) is 0. The number of aliphatic hydroxyl groups is 1. The third kappa shape index (κ3) is 6.41. The van der Waals surface area contributed by atoms with Crippen LogP contribution in [0.25, 0.3) is 0 Å². The number of hydrogen-bond acceptors (Lipinski definition) is 3. The third-order valence-corrected chi connectivity index (χ3v) is 2.23. The quantitative estimate of drug-likeness (QED) is 0.592. The SMILES string of the molecule is CCCOCCOCc1cccc(C#CCO)c1. The summed E-state index contributed by atoms with van der Waals surface area (Å²) in [5.41, 5.74) is 1.97. The summed E-state index contributed by atoms with van der Waals surface area (Å²) in [6.45, 7) is 4.55. The molecule has 1 aromatic carbocycles. The maximum atomic E-state index is 8.63. The van der Waals surface area contributed by atoms with Gasteiger partial charge in [-0.15, -0.1) is 0 Å². The van der Waals surface area contributed by atoms with E-state index in [0.29, 0.717) is 19.8 Å². The van der Waals surface area contributed by atoms with Crippen molar-refractivity contribution < 1.29 is 14.6 Å². The molecule has 0 heterocycles. The van der Waals surface area contributed by atoms with Crippen LogP contribution in [0.3, 0.4) is 0 Å². The normalized spacial score (nSPS) is 9.89. The second-order valence-electron chi connectivity index (χ2n) is 3.83. The van der Waals surface area contributed by atoms with E-state index in [2.05, 4.69) is 18.8 Å². The van der Waals surface area contributed by atoms with Gasteiger partial charge in [0, 0.05) is 12.2 Å². The molecule has 0 unspecified atom stereocenters. The van der Waals surface area contributed by atoms with Crippen molar-refractivity contribution in [2.45, 2.75) is 20.0 Å². The fraction of sp³-hybridized carbons (Fsp3) is 0.467. The maximum Gasteiger partial charge on any atom is 0.104 e. The number of ether oxygens (including phenoxy) is 2. The molecule has 0 aromatic heterocycles. The van der Waals surface area contributed by atoms with Crippen molar-refractivity contribution in [2.75, 3.05) is 26.4 Å². The number of hydrogen-bond donors (Lipinski definition) is 1. The summed E-state index contributed by atoms with van der Waals surface area (Å²) >= 11 is 0. The molecule has 0 aliphatic carbocycles. The van der Waals surface area contributed by atoms with Gasteiger partial charge < -0.3 is 14.6 Å². The topological polar surface area (TPSA) is 38.7 Å². The van der Waals surface area contributed by atoms with Crippen molar-refractivity contribution in [2.24, 2.45) is 0 Å². The molecule has 0 spiro atoms. The van der Waals surface area contributed by atoms with Gasteiger partial charge in [0.15, 0.2) is 0 Å². The summed E-state index contributed by atoms with van der Waals surface area (Å²) in [5, 5.41) is 8.63. The summed E-state index contributed by atoms with van der Waals surface area (Å²) in [6, 6.07) is 7.82. The van der Waals surface area contributed by atoms with Gasteiger partial charge in [-0.1, -0.05) is 30.9 Å². The molecule has 1 N–H and O–H groups in total. The molecule has 3 heteroatoms. The lowest BCUT2D eigenvalue weighted by Gasteiger charge is -2.05. The molecular weight excluding hydrogens is 228 g/mol. The van der Waals surface area contributed by atoms with Gasteiger partial charge in [-0.3, -0.25) is 0 Å². The van der Waals surface area contributed by atoms with E-state index >= 15 is 0 Å². The van der Waals surface area contributed by atoms with Gasteiger partial charge >= 0.3 is 0 Å². The smallest absolute Gasteiger partial charge is 0.104 e. The molecule has 1 aromatic rings. The molecule has 0 radical (unpaired) electrons. The monoisotopic (exact) mass is 248 g/mol. The highest BCUT2D eigenvalue weighted by molar-refractivity contribution is 5.36. The zero-order valence-electron chi connectivity index (χ0n) is 10.8. The standard InChI is InChI=1S/C15H20O3/c1-2-9-17-10-11-18-13-15-6-3-5-14(12-15)7-4-8-16/h3,5-6,12,16H,2,8-11,13H2,1H3. The lowest BCUT2D eigenvalue weighted by atomic mass is 10.1. The van der Waals surface area contributed by atoms with Crippen LogP contribution in [0.1, 0.15) is 24.5 Å². The Balaban J connectivity index is 2.29. The van der Waals surface area contributed by atoms with E-state index in [4.69, 9.17) is 14.6 Å². The number of benzene rings is 1. The summed E-state index contributed by atoms with van der Waals surface area (Å²) in [6.07, 6.45) is 1.03. The molecule has 0 bridgehead atoms. The highest BCUT2D eigenvalue weighted by Gasteiger charge is 1.95. The lowest BCUT2D eigenvalue weighted by Crippen LogP contribution is -2.04. The Kier molecular flexibility index (Phi) is 7.90. The van der Waals surface area contributed by atoms with E-state index in [1.165, 1.54) is 0 Å². The Hall–Kier alpha value is -1.34. The Morgan fingerprint density at radius 1 is 1.17 bits per heavy atom. The Morgan fingerprint density at radius 3 is 2.78 bits per heavy atom. The second-order valence-corrected chi connectivity index (χ2v) is 3.83. The van der Waals surface area contributed by atoms with Crippen LogP contribution in [-0.4, -0.2) is 31.5 Å². The highest BCUT2D eigenvalue weighted by atomic mass is 16.5. The molecule has 1 rings (SSSR count). The van der Waals surface area contributed by atoms with Gasteiger partial charge in [0.2, 0.25) is 0 Å². The van der Waals surface area contributed by atoms with Gasteiger partial charge in [-0.25, -0.2) is 0 Å². The van der Waals surface area contributed by atoms with Crippen LogP contribution in [0.15, 0.2) is 24.3 Å². The first kappa shape index (κ1) is 14.7. The van der Waals surface area contributed by atoms with Crippen molar-refractivity contribution in [3.63, 3.8) is 0 Å². The van der Waals surface area contributed by atoms with Crippen LogP contribution in [0.5, 0.6) is 0 Å². The minimum Gasteiger partial charge on any atom is -0.384 e. The number of rotatable bonds is 7. The van der Waals surface area contributed by atoms with Gasteiger partial charge in [0.05, 0.1) is 19.8 Å². The zero-order chi connectivity index (χ0) is 13.1. The van der Waals surface area contributed by atoms with E-state index in [-0.39, 0.29) is 6.61 Å². The van der Waals surface area contributed by atoms with Crippen molar-refractivity contribution >= 4 is 0 Å². The van der Waals surface area contributed by atoms with Gasteiger partial charge in [-0.05, 0) is 24.1 Å². The van der Waals surface area contributed by atoms with Gasteiger partial charge in [-0.2, -0.15) is 0 Å². The Morgan fingerprint density at radius 2 is 2.00 bits per heavy atom. The first-order chi connectivity index (χ1) is 8.86. The number of aliphatic hydroxyl groups excluding tert-OH is 1. The van der Waals surface area contributed by atoms with E-state index < -0.39 is 0 Å². The van der Waals surface area contributed by atoms with Crippen LogP contribution < -0.4 is 0 Å². The molecule has 0 fully saturated rings. The first-order valence-corrected chi connectivity index (χ1v) is 6.21. The summed E-state index contributed by atoms with van der Waals surface area (Å²) < 4.78 is 10.8. The van der Waals surface area contributed by atoms with E-state index in [0.717, 1.165) is 24.2 Å². The van der Waals surface area contributed by atoms with E-state index in [9.17, 15) is 0 Å². The van der Waals surface area contributed by atoms with Crippen molar-refractivity contribution in [3.05, 3.63) is 35.4 Å². The predicted molar refractivity (Wildman–Crippen MR) is 71.2 cm³/mol. The van der Waals surface area contributed by atoms with Crippen LogP contribution in [0, 0.1) is 11.8 Å². The highest BCUT2D eigenvalue weighted by Crippen LogP contribution is 2.05. The second kappa shape index (κ2) is 9.67. The van der Waals surface area contributed by atoms with Gasteiger partial charge in [0.1, 0.15) is 6.61 Å². The molecule has 0 atom stereocenters. The lowest BCUT2D eigenvalue weighted by molar-refractivity contribution is 0.0408. The molecule has 0 amide bonds. The first-order valence-electron chi connectivity index (χ1n) is 6.21. The van der Waals surface area contributed by atoms with E-state index in [1.54, 1.807) is 0 Å². The largest absolute Gasteiger partial charge is 0.384 e. The van der Waals surface area contributed by atoms with Crippen LogP contribution >= 0.6 is 0 Å². The fourth-order valence-corrected chi connectivity index (χ4v) is 1.43. The van der Waals surface area contributed by atoms with Crippen LogP contribution in [-0.2, 0) is 16.1 Å². The Bertz CT molecular complexity index is 390. The molecular formula is C15H20O3. The molecule has 0 aliphatic heterocycles. The zero-order valence-corrected chi connectivity index (χ0v) is 10.8. The molecule has 0 saturated carbocycles.